The summed E-state index contributed by atoms with van der Waals surface area (Å²) in [4.78, 5) is 64.9. The normalized spacial score (nSPS) is 10.8. The van der Waals surface area contributed by atoms with Gasteiger partial charge in [-0.15, -0.1) is 0 Å². The van der Waals surface area contributed by atoms with E-state index in [0.29, 0.717) is 6.42 Å². The van der Waals surface area contributed by atoms with Crippen LogP contribution in [0.5, 0.6) is 0 Å². The Hall–Kier alpha value is -3.44. The number of carbonyl (C=O) groups is 3. The number of ether oxygens (including phenoxy) is 2. The fraction of sp³-hybridized carbons (Fsp3) is 0.529. The molecule has 0 fully saturated rings. The van der Waals surface area contributed by atoms with Gasteiger partial charge in [0.1, 0.15) is 13.1 Å². The molecule has 0 unspecified atom stereocenters. The summed E-state index contributed by atoms with van der Waals surface area (Å²) in [6.45, 7) is -0.470. The summed E-state index contributed by atoms with van der Waals surface area (Å²) in [5.74, 6) is -1.76. The fourth-order valence-electron chi connectivity index (χ4n) is 2.80. The number of imidazole rings is 1. The van der Waals surface area contributed by atoms with E-state index in [-0.39, 0.29) is 37.2 Å². The Bertz CT molecular complexity index is 1030. The van der Waals surface area contributed by atoms with Crippen LogP contribution in [0.25, 0.3) is 11.2 Å². The van der Waals surface area contributed by atoms with Gasteiger partial charge in [-0.25, -0.2) is 9.78 Å². The van der Waals surface area contributed by atoms with Gasteiger partial charge in [-0.2, -0.15) is 0 Å². The third-order valence-corrected chi connectivity index (χ3v) is 4.45. The molecular weight excluding hydrogens is 386 g/mol. The number of methoxy groups -OCH3 is 2. The van der Waals surface area contributed by atoms with Crippen LogP contribution in [0.15, 0.2) is 15.9 Å². The number of fused-ring (bicyclic) bond motifs is 1. The molecule has 2 aromatic heterocycles. The molecule has 29 heavy (non-hydrogen) atoms. The van der Waals surface area contributed by atoms with Gasteiger partial charge in [-0.3, -0.25) is 28.3 Å². The second kappa shape index (κ2) is 9.17. The number of carbonyl (C=O) groups excluding carboxylic acids is 3. The molecule has 2 rings (SSSR count). The number of esters is 2. The zero-order valence-corrected chi connectivity index (χ0v) is 16.7. The highest BCUT2D eigenvalue weighted by molar-refractivity contribution is 5.86. The van der Waals surface area contributed by atoms with Crippen molar-refractivity contribution >= 4 is 29.0 Å². The summed E-state index contributed by atoms with van der Waals surface area (Å²) in [5, 5.41) is 0. The first kappa shape index (κ1) is 21.9. The predicted molar refractivity (Wildman–Crippen MR) is 100 cm³/mol. The van der Waals surface area contributed by atoms with Crippen molar-refractivity contribution in [1.29, 1.82) is 0 Å². The van der Waals surface area contributed by atoms with E-state index in [9.17, 15) is 24.0 Å². The summed E-state index contributed by atoms with van der Waals surface area (Å²) >= 11 is 0. The summed E-state index contributed by atoms with van der Waals surface area (Å²) < 4.78 is 12.9. The maximum Gasteiger partial charge on any atom is 0.332 e. The van der Waals surface area contributed by atoms with Crippen LogP contribution in [-0.4, -0.2) is 68.7 Å². The van der Waals surface area contributed by atoms with Gasteiger partial charge >= 0.3 is 17.6 Å². The third kappa shape index (κ3) is 4.70. The van der Waals surface area contributed by atoms with Gasteiger partial charge in [0.2, 0.25) is 5.91 Å². The van der Waals surface area contributed by atoms with Crippen molar-refractivity contribution in [2.75, 3.05) is 27.3 Å². The fourth-order valence-corrected chi connectivity index (χ4v) is 2.80. The Balaban J connectivity index is 2.12. The topological polar surface area (TPSA) is 135 Å². The van der Waals surface area contributed by atoms with E-state index in [1.54, 1.807) is 4.57 Å². The lowest BCUT2D eigenvalue weighted by Gasteiger charge is -2.20. The van der Waals surface area contributed by atoms with E-state index < -0.39 is 29.1 Å². The van der Waals surface area contributed by atoms with E-state index >= 15 is 0 Å². The Morgan fingerprint density at radius 1 is 1.03 bits per heavy atom. The second-order valence-electron chi connectivity index (χ2n) is 6.32. The van der Waals surface area contributed by atoms with Crippen molar-refractivity contribution < 1.29 is 23.9 Å². The van der Waals surface area contributed by atoms with Gasteiger partial charge in [0, 0.05) is 27.1 Å². The van der Waals surface area contributed by atoms with Crippen molar-refractivity contribution in [2.45, 2.75) is 19.4 Å². The molecule has 2 aromatic rings. The van der Waals surface area contributed by atoms with Crippen LogP contribution >= 0.6 is 0 Å². The lowest BCUT2D eigenvalue weighted by molar-refractivity contribution is -0.152. The van der Waals surface area contributed by atoms with Crippen LogP contribution in [0.4, 0.5) is 0 Å². The summed E-state index contributed by atoms with van der Waals surface area (Å²) in [7, 11) is 5.26. The van der Waals surface area contributed by atoms with Crippen LogP contribution in [0.3, 0.4) is 0 Å². The first-order valence-corrected chi connectivity index (χ1v) is 8.73. The molecule has 0 bridgehead atoms. The Morgan fingerprint density at radius 3 is 2.17 bits per heavy atom. The van der Waals surface area contributed by atoms with E-state index in [1.807, 2.05) is 0 Å². The van der Waals surface area contributed by atoms with Gasteiger partial charge in [0.15, 0.2) is 11.2 Å². The number of rotatable bonds is 8. The van der Waals surface area contributed by atoms with Gasteiger partial charge in [-0.05, 0) is 6.42 Å². The average Bonchev–Trinajstić information content (AvgIpc) is 3.13. The molecule has 0 saturated carbocycles. The Labute approximate surface area is 165 Å². The number of amides is 1. The molecule has 0 aliphatic heterocycles. The first-order chi connectivity index (χ1) is 13.7. The number of aryl methyl sites for hydroxylation is 2. The van der Waals surface area contributed by atoms with E-state index in [4.69, 9.17) is 0 Å². The second-order valence-corrected chi connectivity index (χ2v) is 6.32. The molecule has 1 amide bonds. The molecule has 0 aromatic carbocycles. The highest BCUT2D eigenvalue weighted by Crippen LogP contribution is 2.08. The largest absolute Gasteiger partial charge is 0.468 e. The summed E-state index contributed by atoms with van der Waals surface area (Å²) in [5.41, 5.74) is -0.459. The van der Waals surface area contributed by atoms with Crippen molar-refractivity contribution in [3.05, 3.63) is 27.2 Å². The van der Waals surface area contributed by atoms with Crippen molar-refractivity contribution in [1.82, 2.24) is 23.6 Å². The van der Waals surface area contributed by atoms with E-state index in [0.717, 1.165) is 9.47 Å². The molecule has 12 heteroatoms. The minimum atomic E-state index is -0.660. The monoisotopic (exact) mass is 409 g/mol. The van der Waals surface area contributed by atoms with Gasteiger partial charge in [-0.1, -0.05) is 0 Å². The highest BCUT2D eigenvalue weighted by Gasteiger charge is 2.21. The van der Waals surface area contributed by atoms with Gasteiger partial charge in [0.05, 0.1) is 20.5 Å². The third-order valence-electron chi connectivity index (χ3n) is 4.45. The van der Waals surface area contributed by atoms with Crippen LogP contribution in [0, 0.1) is 0 Å². The van der Waals surface area contributed by atoms with Crippen molar-refractivity contribution in [2.24, 2.45) is 14.1 Å². The van der Waals surface area contributed by atoms with Crippen LogP contribution in [0.2, 0.25) is 0 Å². The molecule has 0 N–H and O–H groups in total. The first-order valence-electron chi connectivity index (χ1n) is 8.73. The highest BCUT2D eigenvalue weighted by atomic mass is 16.5. The maximum absolute atomic E-state index is 12.4. The number of nitrogens with zero attached hydrogens (tertiary/aromatic N) is 5. The molecule has 12 nitrogen and oxygen atoms in total. The number of hydrogen-bond donors (Lipinski definition) is 0. The summed E-state index contributed by atoms with van der Waals surface area (Å²) in [6.07, 6.45) is 1.76. The van der Waals surface area contributed by atoms with Crippen LogP contribution in [-0.2, 0) is 44.5 Å². The predicted octanol–water partition coefficient (Wildman–Crippen LogP) is -1.61. The van der Waals surface area contributed by atoms with E-state index in [1.165, 1.54) is 39.2 Å². The molecule has 0 spiro atoms. The SMILES string of the molecule is COC(=O)CN(CC(=O)OC)C(=O)CCCn1cnc2c1c(=O)n(C)c(=O)n2C. The Kier molecular flexibility index (Phi) is 6.91. The minimum Gasteiger partial charge on any atom is -0.468 e. The average molecular weight is 409 g/mol. The number of hydrogen-bond acceptors (Lipinski definition) is 8. The van der Waals surface area contributed by atoms with E-state index in [2.05, 4.69) is 14.5 Å². The Morgan fingerprint density at radius 2 is 1.62 bits per heavy atom. The van der Waals surface area contributed by atoms with Gasteiger partial charge in [0.25, 0.3) is 5.56 Å². The zero-order valence-electron chi connectivity index (χ0n) is 16.7. The molecular formula is C17H23N5O7. The lowest BCUT2D eigenvalue weighted by Crippen LogP contribution is -2.40. The lowest BCUT2D eigenvalue weighted by atomic mass is 10.2. The molecule has 0 atom stereocenters. The smallest absolute Gasteiger partial charge is 0.332 e. The minimum absolute atomic E-state index is 0.0136. The number of aromatic nitrogens is 4. The molecule has 0 saturated heterocycles. The summed E-state index contributed by atoms with van der Waals surface area (Å²) in [6, 6.07) is 0. The molecule has 2 heterocycles. The molecule has 0 aliphatic carbocycles. The van der Waals surface area contributed by atoms with Crippen LogP contribution < -0.4 is 11.2 Å². The molecule has 0 radical (unpaired) electrons. The van der Waals surface area contributed by atoms with Gasteiger partial charge < -0.3 is 18.9 Å². The molecule has 0 aliphatic rings. The van der Waals surface area contributed by atoms with Crippen molar-refractivity contribution in [3.8, 4) is 0 Å². The van der Waals surface area contributed by atoms with Crippen LogP contribution in [0.1, 0.15) is 12.8 Å². The quantitative estimate of drug-likeness (QED) is 0.475. The maximum atomic E-state index is 12.4. The van der Waals surface area contributed by atoms with Crippen molar-refractivity contribution in [3.63, 3.8) is 0 Å². The standard InChI is InChI=1S/C17H23N5O7/c1-19-15-14(16(26)20(2)17(19)27)21(10-18-15)7-5-6-11(23)22(8-12(24)28-3)9-13(25)29-4/h10H,5-9H2,1-4H3. The zero-order chi connectivity index (χ0) is 21.7. The molecule has 158 valence electrons.